The van der Waals surface area contributed by atoms with E-state index < -0.39 is 22.5 Å². The van der Waals surface area contributed by atoms with Crippen molar-refractivity contribution >= 4 is 87.0 Å². The van der Waals surface area contributed by atoms with Crippen LogP contribution in [0.25, 0.3) is 87.0 Å². The van der Waals surface area contributed by atoms with Gasteiger partial charge in [-0.1, -0.05) is 24.3 Å². The molecule has 0 saturated heterocycles. The lowest BCUT2D eigenvalue weighted by Gasteiger charge is -2.16. The molecule has 9 aromatic rings. The minimum absolute atomic E-state index is 0.0325. The van der Waals surface area contributed by atoms with E-state index in [9.17, 15) is 19.2 Å². The average molecular weight is 671 g/mol. The van der Waals surface area contributed by atoms with E-state index in [1.54, 1.807) is 48.5 Å². The fourth-order valence-corrected chi connectivity index (χ4v) is 7.05. The summed E-state index contributed by atoms with van der Waals surface area (Å²) < 4.78 is 45.8. The highest BCUT2D eigenvalue weighted by Crippen LogP contribution is 2.47. The fraction of sp³-hybridized carbons (Fsp3) is 0.105. The topological polar surface area (TPSA) is 158 Å². The molecule has 0 spiro atoms. The first kappa shape index (κ1) is 29.3. The van der Waals surface area contributed by atoms with Gasteiger partial charge in [-0.25, -0.2) is 19.2 Å². The molecule has 0 saturated carbocycles. The van der Waals surface area contributed by atoms with Crippen LogP contribution in [0.1, 0.15) is 0 Å². The summed E-state index contributed by atoms with van der Waals surface area (Å²) in [5, 5.41) is 3.49. The van der Waals surface area contributed by atoms with E-state index in [1.165, 1.54) is 40.6 Å². The third kappa shape index (κ3) is 3.75. The van der Waals surface area contributed by atoms with Crippen molar-refractivity contribution in [1.82, 2.24) is 0 Å². The number of para-hydroxylation sites is 2. The van der Waals surface area contributed by atoms with Crippen molar-refractivity contribution in [3.63, 3.8) is 0 Å². The lowest BCUT2D eigenvalue weighted by atomic mass is 9.96. The first-order valence-electron chi connectivity index (χ1n) is 15.2. The Balaban J connectivity index is 1.47. The summed E-state index contributed by atoms with van der Waals surface area (Å²) in [5.74, 6) is 0.770. The Morgan fingerprint density at radius 3 is 1.08 bits per heavy atom. The van der Waals surface area contributed by atoms with Crippen LogP contribution in [-0.4, -0.2) is 28.4 Å². The van der Waals surface area contributed by atoms with Gasteiger partial charge < -0.3 is 36.6 Å². The van der Waals surface area contributed by atoms with Crippen LogP contribution in [-0.2, 0) is 0 Å². The highest BCUT2D eigenvalue weighted by Gasteiger charge is 2.27. The third-order valence-corrected chi connectivity index (χ3v) is 9.22. The fourth-order valence-electron chi connectivity index (χ4n) is 7.05. The Labute approximate surface area is 277 Å². The zero-order valence-corrected chi connectivity index (χ0v) is 26.7. The number of ether oxygens (including phenoxy) is 4. The summed E-state index contributed by atoms with van der Waals surface area (Å²) in [6, 6.07) is 16.4. The van der Waals surface area contributed by atoms with Gasteiger partial charge in [-0.15, -0.1) is 0 Å². The minimum atomic E-state index is -0.730. The van der Waals surface area contributed by atoms with Gasteiger partial charge in [0.15, 0.2) is 45.3 Å². The highest BCUT2D eigenvalue weighted by atomic mass is 16.5. The van der Waals surface area contributed by atoms with Crippen LogP contribution in [0, 0.1) is 0 Å². The first-order chi connectivity index (χ1) is 24.3. The standard InChI is InChI=1S/C38H22O12/c1-43-25-9-5-7-15-17-11-23-19(13-21(17)35(39)47-29(15)25)27-31(45-3)34-28(32(46-4)33(27)49-37(23)41)20-14-22-18(12-24(20)38(42)50-34)16-8-6-10-26(44-2)30(16)48-36(22)40/h5-14H,1-4H3. The number of rotatable bonds is 4. The number of hydrogen-bond acceptors (Lipinski definition) is 12. The van der Waals surface area contributed by atoms with Gasteiger partial charge in [0, 0.05) is 32.3 Å². The third-order valence-electron chi connectivity index (χ3n) is 9.22. The molecule has 4 heterocycles. The number of fused-ring (bicyclic) bond motifs is 12. The molecule has 0 aliphatic carbocycles. The van der Waals surface area contributed by atoms with E-state index in [0.29, 0.717) is 33.0 Å². The normalized spacial score (nSPS) is 11.9. The molecule has 0 aliphatic rings. The van der Waals surface area contributed by atoms with Crippen LogP contribution in [0.15, 0.2) is 97.5 Å². The molecule has 0 atom stereocenters. The van der Waals surface area contributed by atoms with Gasteiger partial charge in [-0.3, -0.25) is 0 Å². The molecule has 12 nitrogen and oxygen atoms in total. The molecular formula is C38H22O12. The van der Waals surface area contributed by atoms with Crippen molar-refractivity contribution < 1.29 is 36.6 Å². The van der Waals surface area contributed by atoms with Crippen molar-refractivity contribution in [3.8, 4) is 23.0 Å². The molecule has 12 heteroatoms. The Morgan fingerprint density at radius 2 is 0.720 bits per heavy atom. The highest BCUT2D eigenvalue weighted by molar-refractivity contribution is 6.25. The Morgan fingerprint density at radius 1 is 0.380 bits per heavy atom. The lowest BCUT2D eigenvalue weighted by molar-refractivity contribution is 0.400. The van der Waals surface area contributed by atoms with E-state index in [-0.39, 0.29) is 76.9 Å². The van der Waals surface area contributed by atoms with Crippen molar-refractivity contribution in [3.05, 3.63) is 102 Å². The monoisotopic (exact) mass is 670 g/mol. The van der Waals surface area contributed by atoms with E-state index >= 15 is 0 Å². The lowest BCUT2D eigenvalue weighted by Crippen LogP contribution is -2.08. The van der Waals surface area contributed by atoms with E-state index in [1.807, 2.05) is 0 Å². The Kier molecular flexibility index (Phi) is 6.06. The molecule has 50 heavy (non-hydrogen) atoms. The van der Waals surface area contributed by atoms with Gasteiger partial charge in [-0.2, -0.15) is 0 Å². The van der Waals surface area contributed by atoms with Gasteiger partial charge in [-0.05, 0) is 36.4 Å². The smallest absolute Gasteiger partial charge is 0.344 e. The van der Waals surface area contributed by atoms with Gasteiger partial charge in [0.25, 0.3) is 0 Å². The number of methoxy groups -OCH3 is 4. The van der Waals surface area contributed by atoms with E-state index in [0.717, 1.165) is 0 Å². The molecule has 246 valence electrons. The molecule has 0 aliphatic heterocycles. The molecule has 5 aromatic carbocycles. The zero-order chi connectivity index (χ0) is 34.6. The van der Waals surface area contributed by atoms with Crippen molar-refractivity contribution in [2.24, 2.45) is 0 Å². The molecule has 4 aromatic heterocycles. The summed E-state index contributed by atoms with van der Waals surface area (Å²) in [6.45, 7) is 0. The van der Waals surface area contributed by atoms with E-state index in [2.05, 4.69) is 0 Å². The quantitative estimate of drug-likeness (QED) is 0.110. The minimum Gasteiger partial charge on any atom is -0.493 e. The molecular weight excluding hydrogens is 648 g/mol. The number of hydrogen-bond donors (Lipinski definition) is 0. The molecule has 0 radical (unpaired) electrons. The maximum absolute atomic E-state index is 13.8. The SMILES string of the molecule is COc1cccc2c1oc(=O)c1cc3c(cc12)c(=O)oc1c(OC)c2c(oc(=O)c4cc5c(cc42)c(=O)oc2c(OC)cccc25)c(OC)c13. The Bertz CT molecular complexity index is 3020. The average Bonchev–Trinajstić information content (AvgIpc) is 3.13. The predicted molar refractivity (Wildman–Crippen MR) is 187 cm³/mol. The largest absolute Gasteiger partial charge is 0.493 e. The summed E-state index contributed by atoms with van der Waals surface area (Å²) in [6.07, 6.45) is 0. The molecule has 0 unspecified atom stereocenters. The van der Waals surface area contributed by atoms with Crippen LogP contribution in [0.3, 0.4) is 0 Å². The maximum Gasteiger partial charge on any atom is 0.344 e. The molecule has 0 fully saturated rings. The van der Waals surface area contributed by atoms with Gasteiger partial charge in [0.05, 0.1) is 60.8 Å². The van der Waals surface area contributed by atoms with Crippen molar-refractivity contribution in [2.45, 2.75) is 0 Å². The summed E-state index contributed by atoms with van der Waals surface area (Å²) in [5.41, 5.74) is -2.41. The van der Waals surface area contributed by atoms with E-state index in [4.69, 9.17) is 36.6 Å². The molecule has 0 N–H and O–H groups in total. The zero-order valence-electron chi connectivity index (χ0n) is 26.7. The van der Waals surface area contributed by atoms with Crippen LogP contribution in [0.2, 0.25) is 0 Å². The van der Waals surface area contributed by atoms with Crippen molar-refractivity contribution in [2.75, 3.05) is 28.4 Å². The van der Waals surface area contributed by atoms with Crippen LogP contribution < -0.4 is 41.4 Å². The van der Waals surface area contributed by atoms with Crippen LogP contribution in [0.4, 0.5) is 0 Å². The molecule has 9 rings (SSSR count). The van der Waals surface area contributed by atoms with Crippen molar-refractivity contribution in [1.29, 1.82) is 0 Å². The van der Waals surface area contributed by atoms with Gasteiger partial charge in [0.2, 0.25) is 0 Å². The van der Waals surface area contributed by atoms with Gasteiger partial charge >= 0.3 is 22.5 Å². The van der Waals surface area contributed by atoms with Crippen LogP contribution >= 0.6 is 0 Å². The van der Waals surface area contributed by atoms with Crippen LogP contribution in [0.5, 0.6) is 23.0 Å². The summed E-state index contributed by atoms with van der Waals surface area (Å²) in [7, 11) is 5.65. The predicted octanol–water partition coefficient (Wildman–Crippen LogP) is 6.76. The molecule has 0 amide bonds. The Hall–Kier alpha value is -6.82. The second kappa shape index (κ2) is 10.3. The van der Waals surface area contributed by atoms with Gasteiger partial charge in [0.1, 0.15) is 0 Å². The molecule has 0 bridgehead atoms. The first-order valence-corrected chi connectivity index (χ1v) is 15.2. The maximum atomic E-state index is 13.8. The number of benzene rings is 5. The second-order valence-electron chi connectivity index (χ2n) is 11.6. The summed E-state index contributed by atoms with van der Waals surface area (Å²) in [4.78, 5) is 54.3. The second-order valence-corrected chi connectivity index (χ2v) is 11.6. The summed E-state index contributed by atoms with van der Waals surface area (Å²) >= 11 is 0.